The lowest BCUT2D eigenvalue weighted by Gasteiger charge is -2.31. The van der Waals surface area contributed by atoms with Crippen molar-refractivity contribution in [3.63, 3.8) is 0 Å². The molecule has 1 aliphatic rings. The van der Waals surface area contributed by atoms with Crippen LogP contribution in [0.1, 0.15) is 30.5 Å². The van der Waals surface area contributed by atoms with E-state index in [1.807, 2.05) is 23.1 Å². The molecule has 1 amide bonds. The van der Waals surface area contributed by atoms with Crippen LogP contribution in [-0.2, 0) is 17.8 Å². The summed E-state index contributed by atoms with van der Waals surface area (Å²) in [4.78, 5) is 19.3. The summed E-state index contributed by atoms with van der Waals surface area (Å²) in [6, 6.07) is 10.3. The van der Waals surface area contributed by atoms with Crippen LogP contribution in [-0.4, -0.2) is 34.9 Å². The van der Waals surface area contributed by atoms with E-state index >= 15 is 0 Å². The van der Waals surface area contributed by atoms with Crippen LogP contribution in [0.2, 0.25) is 5.02 Å². The van der Waals surface area contributed by atoms with Crippen molar-refractivity contribution in [2.24, 2.45) is 0 Å². The fourth-order valence-electron chi connectivity index (χ4n) is 3.35. The third kappa shape index (κ3) is 4.80. The van der Waals surface area contributed by atoms with Crippen LogP contribution in [0.4, 0.5) is 4.39 Å². The largest absolute Gasteiger partial charge is 0.333 e. The topological polar surface area (TPSA) is 45.2 Å². The second-order valence-electron chi connectivity index (χ2n) is 6.55. The first-order valence-electron chi connectivity index (χ1n) is 8.98. The quantitative estimate of drug-likeness (QED) is 0.868. The molecule has 0 aliphatic carbocycles. The van der Waals surface area contributed by atoms with E-state index in [4.69, 9.17) is 11.6 Å². The van der Waals surface area contributed by atoms with Crippen molar-refractivity contribution < 1.29 is 9.18 Å². The Morgan fingerprint density at radius 2 is 2.12 bits per heavy atom. The fourth-order valence-corrected chi connectivity index (χ4v) is 3.58. The van der Waals surface area contributed by atoms with Gasteiger partial charge in [-0.15, -0.1) is 0 Å². The highest BCUT2D eigenvalue weighted by Gasteiger charge is 2.26. The predicted octanol–water partition coefficient (Wildman–Crippen LogP) is 3.59. The average Bonchev–Trinajstić information content (AvgIpc) is 2.93. The number of amides is 1. The van der Waals surface area contributed by atoms with Gasteiger partial charge in [0.25, 0.3) is 0 Å². The van der Waals surface area contributed by atoms with E-state index in [-0.39, 0.29) is 23.9 Å². The molecular formula is C20H23ClFN3O. The SMILES string of the molecule is O=C(Cc1c(F)cccc1Cl)N(Cc1ccccn1)C1CCCNCC1. The van der Waals surface area contributed by atoms with Crippen LogP contribution < -0.4 is 5.32 Å². The number of rotatable bonds is 5. The first kappa shape index (κ1) is 18.8. The molecule has 0 radical (unpaired) electrons. The van der Waals surface area contributed by atoms with Crippen molar-refractivity contribution >= 4 is 17.5 Å². The third-order valence-corrected chi connectivity index (χ3v) is 5.11. The highest BCUT2D eigenvalue weighted by atomic mass is 35.5. The molecule has 1 aliphatic heterocycles. The minimum Gasteiger partial charge on any atom is -0.333 e. The summed E-state index contributed by atoms with van der Waals surface area (Å²) in [6.45, 7) is 2.26. The van der Waals surface area contributed by atoms with Gasteiger partial charge in [0.15, 0.2) is 0 Å². The zero-order valence-corrected chi connectivity index (χ0v) is 15.4. The number of carbonyl (C=O) groups excluding carboxylic acids is 1. The van der Waals surface area contributed by atoms with Gasteiger partial charge < -0.3 is 10.2 Å². The summed E-state index contributed by atoms with van der Waals surface area (Å²) < 4.78 is 14.1. The Bertz CT molecular complexity index is 713. The average molecular weight is 376 g/mol. The molecule has 1 saturated heterocycles. The van der Waals surface area contributed by atoms with Crippen molar-refractivity contribution in [2.75, 3.05) is 13.1 Å². The number of carbonyl (C=O) groups is 1. The van der Waals surface area contributed by atoms with E-state index in [1.165, 1.54) is 6.07 Å². The molecule has 138 valence electrons. The minimum absolute atomic E-state index is 0.0394. The monoisotopic (exact) mass is 375 g/mol. The van der Waals surface area contributed by atoms with E-state index in [0.29, 0.717) is 11.6 Å². The van der Waals surface area contributed by atoms with Crippen LogP contribution in [0.15, 0.2) is 42.6 Å². The smallest absolute Gasteiger partial charge is 0.227 e. The second kappa shape index (κ2) is 9.10. The van der Waals surface area contributed by atoms with E-state index < -0.39 is 5.82 Å². The van der Waals surface area contributed by atoms with Crippen LogP contribution in [0.25, 0.3) is 0 Å². The molecule has 0 saturated carbocycles. The van der Waals surface area contributed by atoms with Gasteiger partial charge in [0.2, 0.25) is 5.91 Å². The van der Waals surface area contributed by atoms with E-state index in [0.717, 1.165) is 38.0 Å². The number of hydrogen-bond acceptors (Lipinski definition) is 3. The zero-order valence-electron chi connectivity index (χ0n) is 14.6. The third-order valence-electron chi connectivity index (χ3n) is 4.75. The van der Waals surface area contributed by atoms with Gasteiger partial charge in [-0.05, 0) is 56.6 Å². The summed E-state index contributed by atoms with van der Waals surface area (Å²) in [5.41, 5.74) is 1.09. The van der Waals surface area contributed by atoms with Crippen molar-refractivity contribution in [3.05, 3.63) is 64.7 Å². The number of pyridine rings is 1. The summed E-state index contributed by atoms with van der Waals surface area (Å²) in [7, 11) is 0. The summed E-state index contributed by atoms with van der Waals surface area (Å²) in [6.07, 6.45) is 4.50. The zero-order chi connectivity index (χ0) is 18.4. The van der Waals surface area contributed by atoms with Gasteiger partial charge in [-0.1, -0.05) is 23.7 Å². The normalized spacial score (nSPS) is 17.5. The van der Waals surface area contributed by atoms with Crippen LogP contribution in [0.5, 0.6) is 0 Å². The van der Waals surface area contributed by atoms with Crippen LogP contribution in [0.3, 0.4) is 0 Å². The molecule has 1 fully saturated rings. The Balaban J connectivity index is 1.82. The molecule has 1 N–H and O–H groups in total. The van der Waals surface area contributed by atoms with Gasteiger partial charge in [0, 0.05) is 22.8 Å². The fraction of sp³-hybridized carbons (Fsp3) is 0.400. The summed E-state index contributed by atoms with van der Waals surface area (Å²) >= 11 is 6.12. The van der Waals surface area contributed by atoms with Gasteiger partial charge in [-0.2, -0.15) is 0 Å². The highest BCUT2D eigenvalue weighted by Crippen LogP contribution is 2.23. The molecule has 4 nitrogen and oxygen atoms in total. The highest BCUT2D eigenvalue weighted by molar-refractivity contribution is 6.31. The maximum atomic E-state index is 14.1. The molecule has 1 atom stereocenters. The molecule has 1 aromatic heterocycles. The van der Waals surface area contributed by atoms with E-state index in [1.54, 1.807) is 18.3 Å². The summed E-state index contributed by atoms with van der Waals surface area (Å²) in [5.74, 6) is -0.555. The lowest BCUT2D eigenvalue weighted by Crippen LogP contribution is -2.41. The van der Waals surface area contributed by atoms with E-state index in [2.05, 4.69) is 10.3 Å². The van der Waals surface area contributed by atoms with Gasteiger partial charge in [-0.25, -0.2) is 4.39 Å². The Labute approximate surface area is 158 Å². The van der Waals surface area contributed by atoms with Gasteiger partial charge >= 0.3 is 0 Å². The Kier molecular flexibility index (Phi) is 6.58. The number of halogens is 2. The summed E-state index contributed by atoms with van der Waals surface area (Å²) in [5, 5.41) is 3.66. The van der Waals surface area contributed by atoms with Crippen molar-refractivity contribution in [1.82, 2.24) is 15.2 Å². The first-order chi connectivity index (χ1) is 12.6. The Morgan fingerprint density at radius 3 is 2.88 bits per heavy atom. The molecular weight excluding hydrogens is 353 g/mol. The second-order valence-corrected chi connectivity index (χ2v) is 6.96. The standard InChI is InChI=1S/C20H23ClFN3O/c21-18-7-3-8-19(22)17(18)13-20(26)25(14-15-5-1-2-11-24-15)16-6-4-10-23-12-9-16/h1-3,5,7-8,11,16,23H,4,6,9-10,12-14H2. The predicted molar refractivity (Wildman–Crippen MR) is 100 cm³/mol. The number of benzene rings is 1. The van der Waals surface area contributed by atoms with Crippen LogP contribution in [0, 0.1) is 5.82 Å². The van der Waals surface area contributed by atoms with E-state index in [9.17, 15) is 9.18 Å². The lowest BCUT2D eigenvalue weighted by atomic mass is 10.0. The van der Waals surface area contributed by atoms with Crippen molar-refractivity contribution in [3.8, 4) is 0 Å². The van der Waals surface area contributed by atoms with Gasteiger partial charge in [0.1, 0.15) is 5.82 Å². The lowest BCUT2D eigenvalue weighted by molar-refractivity contribution is -0.133. The first-order valence-corrected chi connectivity index (χ1v) is 9.36. The molecule has 6 heteroatoms. The van der Waals surface area contributed by atoms with Crippen molar-refractivity contribution in [1.29, 1.82) is 0 Å². The molecule has 2 heterocycles. The maximum absolute atomic E-state index is 14.1. The molecule has 1 aromatic carbocycles. The molecule has 0 spiro atoms. The van der Waals surface area contributed by atoms with Gasteiger partial charge in [0.05, 0.1) is 18.7 Å². The molecule has 26 heavy (non-hydrogen) atoms. The van der Waals surface area contributed by atoms with Crippen LogP contribution >= 0.6 is 11.6 Å². The molecule has 2 aromatic rings. The number of hydrogen-bond donors (Lipinski definition) is 1. The molecule has 0 bridgehead atoms. The number of aromatic nitrogens is 1. The molecule has 3 rings (SSSR count). The van der Waals surface area contributed by atoms with Crippen molar-refractivity contribution in [2.45, 2.75) is 38.3 Å². The molecule has 1 unspecified atom stereocenters. The number of nitrogens with zero attached hydrogens (tertiary/aromatic N) is 2. The number of nitrogens with one attached hydrogen (secondary N) is 1. The van der Waals surface area contributed by atoms with Gasteiger partial charge in [-0.3, -0.25) is 9.78 Å². The maximum Gasteiger partial charge on any atom is 0.227 e. The Morgan fingerprint density at radius 1 is 1.23 bits per heavy atom. The minimum atomic E-state index is -0.439. The Hall–Kier alpha value is -1.98.